The van der Waals surface area contributed by atoms with E-state index in [1.807, 2.05) is 6.92 Å². The minimum atomic E-state index is -0.995. The predicted molar refractivity (Wildman–Crippen MR) is 74.3 cm³/mol. The van der Waals surface area contributed by atoms with Crippen molar-refractivity contribution >= 4 is 18.0 Å². The van der Waals surface area contributed by atoms with Gasteiger partial charge in [-0.05, 0) is 26.2 Å². The first kappa shape index (κ1) is 15.3. The first-order valence-electron chi connectivity index (χ1n) is 7.19. The first-order valence-corrected chi connectivity index (χ1v) is 7.19. The molecule has 1 unspecified atom stereocenters. The number of esters is 1. The number of hydrogen-bond donors (Lipinski definition) is 1. The first-order chi connectivity index (χ1) is 10.0. The average molecular weight is 296 g/mol. The molecule has 1 fully saturated rings. The van der Waals surface area contributed by atoms with E-state index in [0.29, 0.717) is 19.4 Å². The van der Waals surface area contributed by atoms with Crippen LogP contribution in [-0.2, 0) is 9.53 Å². The third kappa shape index (κ3) is 2.72. The predicted octanol–water partition coefficient (Wildman–Crippen LogP) is 2.08. The smallest absolute Gasteiger partial charge is 0.360 e. The van der Waals surface area contributed by atoms with Crippen LogP contribution < -0.4 is 4.90 Å². The largest absolute Gasteiger partial charge is 0.479 e. The summed E-state index contributed by atoms with van der Waals surface area (Å²) in [5, 5.41) is 9.62. The Bertz CT molecular complexity index is 527. The Morgan fingerprint density at radius 1 is 1.52 bits per heavy atom. The maximum atomic E-state index is 11.7. The number of hydrogen-bond acceptors (Lipinski definition) is 6. The molecule has 0 amide bonds. The lowest BCUT2D eigenvalue weighted by Gasteiger charge is -2.33. The standard InChI is InChI=1S/C14H20N2O5/c1-3-6-14(12(18)19)7-5-8-16(14)13-15-10(9-21-13)11(17)20-4-2/h9H,3-8H2,1-2H3,(H,18,19). The molecule has 7 nitrogen and oxygen atoms in total. The fourth-order valence-electron chi connectivity index (χ4n) is 2.85. The molecule has 2 heterocycles. The summed E-state index contributed by atoms with van der Waals surface area (Å²) in [6, 6.07) is 0.173. The van der Waals surface area contributed by atoms with Gasteiger partial charge in [-0.1, -0.05) is 13.3 Å². The van der Waals surface area contributed by atoms with Crippen molar-refractivity contribution in [2.24, 2.45) is 0 Å². The van der Waals surface area contributed by atoms with Crippen LogP contribution in [0.15, 0.2) is 10.7 Å². The van der Waals surface area contributed by atoms with E-state index < -0.39 is 17.5 Å². The van der Waals surface area contributed by atoms with Crippen LogP contribution in [-0.4, -0.2) is 40.7 Å². The van der Waals surface area contributed by atoms with Gasteiger partial charge in [-0.3, -0.25) is 0 Å². The van der Waals surface area contributed by atoms with E-state index in [0.717, 1.165) is 12.8 Å². The Morgan fingerprint density at radius 3 is 2.90 bits per heavy atom. The molecule has 0 radical (unpaired) electrons. The molecule has 1 atom stereocenters. The van der Waals surface area contributed by atoms with E-state index in [1.54, 1.807) is 11.8 Å². The normalized spacial score (nSPS) is 21.5. The van der Waals surface area contributed by atoms with Crippen LogP contribution in [0.1, 0.15) is 50.0 Å². The van der Waals surface area contributed by atoms with Gasteiger partial charge in [0, 0.05) is 6.54 Å². The molecule has 1 N–H and O–H groups in total. The summed E-state index contributed by atoms with van der Waals surface area (Å²) < 4.78 is 10.2. The molecule has 0 aliphatic carbocycles. The highest BCUT2D eigenvalue weighted by atomic mass is 16.5. The molecule has 1 saturated heterocycles. The number of carbonyl (C=O) groups excluding carboxylic acids is 1. The highest BCUT2D eigenvalue weighted by molar-refractivity contribution is 5.88. The summed E-state index contributed by atoms with van der Waals surface area (Å²) in [6.07, 6.45) is 3.77. The lowest BCUT2D eigenvalue weighted by Crippen LogP contribution is -2.51. The van der Waals surface area contributed by atoms with Gasteiger partial charge in [0.25, 0.3) is 6.01 Å². The summed E-state index contributed by atoms with van der Waals surface area (Å²) in [7, 11) is 0. The minimum absolute atomic E-state index is 0.0644. The molecule has 2 rings (SSSR count). The number of aromatic nitrogens is 1. The second kappa shape index (κ2) is 6.15. The van der Waals surface area contributed by atoms with E-state index in [2.05, 4.69) is 4.98 Å². The lowest BCUT2D eigenvalue weighted by molar-refractivity contribution is -0.143. The fourth-order valence-corrected chi connectivity index (χ4v) is 2.85. The molecule has 1 aromatic rings. The lowest BCUT2D eigenvalue weighted by atomic mass is 9.91. The molecule has 0 spiro atoms. The summed E-state index contributed by atoms with van der Waals surface area (Å²) in [5.74, 6) is -1.44. The molecule has 7 heteroatoms. The van der Waals surface area contributed by atoms with Crippen molar-refractivity contribution in [1.82, 2.24) is 4.98 Å². The zero-order valence-corrected chi connectivity index (χ0v) is 12.3. The van der Waals surface area contributed by atoms with Crippen molar-refractivity contribution in [2.75, 3.05) is 18.1 Å². The highest BCUT2D eigenvalue weighted by Crippen LogP contribution is 2.37. The second-order valence-corrected chi connectivity index (χ2v) is 5.08. The van der Waals surface area contributed by atoms with Gasteiger partial charge in [0.15, 0.2) is 5.69 Å². The molecular weight excluding hydrogens is 276 g/mol. The molecule has 0 saturated carbocycles. The van der Waals surface area contributed by atoms with Gasteiger partial charge in [-0.2, -0.15) is 4.98 Å². The summed E-state index contributed by atoms with van der Waals surface area (Å²) in [4.78, 5) is 29.1. The monoisotopic (exact) mass is 296 g/mol. The quantitative estimate of drug-likeness (QED) is 0.803. The van der Waals surface area contributed by atoms with E-state index >= 15 is 0 Å². The number of nitrogens with zero attached hydrogens (tertiary/aromatic N) is 2. The summed E-state index contributed by atoms with van der Waals surface area (Å²) in [5.41, 5.74) is -0.930. The molecule has 1 aliphatic heterocycles. The van der Waals surface area contributed by atoms with Gasteiger partial charge in [0.1, 0.15) is 11.8 Å². The van der Waals surface area contributed by atoms with Crippen molar-refractivity contribution in [3.05, 3.63) is 12.0 Å². The Morgan fingerprint density at radius 2 is 2.29 bits per heavy atom. The van der Waals surface area contributed by atoms with E-state index in [4.69, 9.17) is 9.15 Å². The van der Waals surface area contributed by atoms with E-state index in [9.17, 15) is 14.7 Å². The maximum absolute atomic E-state index is 11.7. The van der Waals surface area contributed by atoms with Crippen molar-refractivity contribution in [3.63, 3.8) is 0 Å². The number of aliphatic carboxylic acids is 1. The van der Waals surface area contributed by atoms with Crippen LogP contribution in [0.3, 0.4) is 0 Å². The highest BCUT2D eigenvalue weighted by Gasteiger charge is 2.49. The Kier molecular flexibility index (Phi) is 4.50. The van der Waals surface area contributed by atoms with Crippen LogP contribution in [0.2, 0.25) is 0 Å². The Balaban J connectivity index is 2.27. The molecule has 116 valence electrons. The zero-order valence-electron chi connectivity index (χ0n) is 12.3. The number of anilines is 1. The van der Waals surface area contributed by atoms with Gasteiger partial charge in [-0.15, -0.1) is 0 Å². The van der Waals surface area contributed by atoms with Crippen LogP contribution >= 0.6 is 0 Å². The van der Waals surface area contributed by atoms with Crippen molar-refractivity contribution in [1.29, 1.82) is 0 Å². The van der Waals surface area contributed by atoms with E-state index in [-0.39, 0.29) is 18.3 Å². The van der Waals surface area contributed by atoms with Crippen LogP contribution in [0.5, 0.6) is 0 Å². The number of carbonyl (C=O) groups is 2. The fraction of sp³-hybridized carbons (Fsp3) is 0.643. The summed E-state index contributed by atoms with van der Waals surface area (Å²) >= 11 is 0. The van der Waals surface area contributed by atoms with Crippen molar-refractivity contribution in [3.8, 4) is 0 Å². The number of carboxylic acid groups (broad SMARTS) is 1. The summed E-state index contributed by atoms with van der Waals surface area (Å²) in [6.45, 7) is 4.45. The molecule has 0 bridgehead atoms. The Hall–Kier alpha value is -2.05. The van der Waals surface area contributed by atoms with Gasteiger partial charge in [-0.25, -0.2) is 9.59 Å². The number of oxazole rings is 1. The number of rotatable bonds is 6. The van der Waals surface area contributed by atoms with Crippen LogP contribution in [0.25, 0.3) is 0 Å². The number of ether oxygens (including phenoxy) is 1. The second-order valence-electron chi connectivity index (χ2n) is 5.08. The molecule has 1 aromatic heterocycles. The SMILES string of the molecule is CCCC1(C(=O)O)CCCN1c1nc(C(=O)OCC)co1. The topological polar surface area (TPSA) is 92.9 Å². The van der Waals surface area contributed by atoms with Crippen molar-refractivity contribution < 1.29 is 23.8 Å². The minimum Gasteiger partial charge on any atom is -0.479 e. The van der Waals surface area contributed by atoms with Crippen LogP contribution in [0.4, 0.5) is 6.01 Å². The maximum Gasteiger partial charge on any atom is 0.360 e. The number of carboxylic acids is 1. The van der Waals surface area contributed by atoms with Gasteiger partial charge in [0.2, 0.25) is 0 Å². The third-order valence-corrected chi connectivity index (χ3v) is 3.76. The molecular formula is C14H20N2O5. The van der Waals surface area contributed by atoms with Gasteiger partial charge >= 0.3 is 11.9 Å². The van der Waals surface area contributed by atoms with Crippen LogP contribution in [0, 0.1) is 0 Å². The molecule has 21 heavy (non-hydrogen) atoms. The molecule has 1 aliphatic rings. The zero-order chi connectivity index (χ0) is 15.5. The van der Waals surface area contributed by atoms with Gasteiger partial charge < -0.3 is 19.2 Å². The van der Waals surface area contributed by atoms with Gasteiger partial charge in [0.05, 0.1) is 6.61 Å². The Labute approximate surface area is 122 Å². The molecule has 0 aromatic carbocycles. The third-order valence-electron chi connectivity index (χ3n) is 3.76. The van der Waals surface area contributed by atoms with Crippen molar-refractivity contribution in [2.45, 2.75) is 45.1 Å². The van der Waals surface area contributed by atoms with E-state index in [1.165, 1.54) is 6.26 Å². The average Bonchev–Trinajstić information content (AvgIpc) is 3.05.